The van der Waals surface area contributed by atoms with E-state index in [0.717, 1.165) is 39.0 Å². The fourth-order valence-corrected chi connectivity index (χ4v) is 3.52. The van der Waals surface area contributed by atoms with Crippen LogP contribution in [0.3, 0.4) is 0 Å². The third kappa shape index (κ3) is 5.49. The Bertz CT molecular complexity index is 592. The summed E-state index contributed by atoms with van der Waals surface area (Å²) in [6.07, 6.45) is -2.57. The number of nitrogens with zero attached hydrogens (tertiary/aromatic N) is 1. The van der Waals surface area contributed by atoms with Crippen LogP contribution < -0.4 is 15.4 Å². The molecule has 5 nitrogen and oxygen atoms in total. The van der Waals surface area contributed by atoms with Crippen molar-refractivity contribution >= 4 is 18.3 Å². The molecule has 0 saturated carbocycles. The van der Waals surface area contributed by atoms with E-state index >= 15 is 0 Å². The van der Waals surface area contributed by atoms with Crippen molar-refractivity contribution in [2.45, 2.75) is 25.2 Å². The van der Waals surface area contributed by atoms with Crippen LogP contribution in [0.4, 0.5) is 13.2 Å². The molecule has 0 aromatic heterocycles. The summed E-state index contributed by atoms with van der Waals surface area (Å²) in [6, 6.07) is 5.11. The number of alkyl halides is 3. The predicted octanol–water partition coefficient (Wildman–Crippen LogP) is 2.48. The number of carbonyl (C=O) groups excluding carboxylic acids is 1. The summed E-state index contributed by atoms with van der Waals surface area (Å²) < 4.78 is 40.7. The number of hydrogen-bond acceptors (Lipinski definition) is 4. The summed E-state index contributed by atoms with van der Waals surface area (Å²) >= 11 is 0. The predicted molar refractivity (Wildman–Crippen MR) is 93.3 cm³/mol. The van der Waals surface area contributed by atoms with E-state index in [1.807, 2.05) is 0 Å². The summed E-state index contributed by atoms with van der Waals surface area (Å²) in [5.41, 5.74) is 0.681. The third-order valence-electron chi connectivity index (χ3n) is 4.69. The first-order valence-corrected chi connectivity index (χ1v) is 8.50. The number of rotatable bonds is 4. The minimum absolute atomic E-state index is 0. The molecule has 2 heterocycles. The fourth-order valence-electron chi connectivity index (χ4n) is 3.52. The van der Waals surface area contributed by atoms with Crippen LogP contribution in [0.2, 0.25) is 0 Å². The van der Waals surface area contributed by atoms with Gasteiger partial charge in [-0.25, -0.2) is 0 Å². The van der Waals surface area contributed by atoms with Gasteiger partial charge in [-0.05, 0) is 49.5 Å². The quantitative estimate of drug-likeness (QED) is 0.825. The lowest BCUT2D eigenvalue weighted by Gasteiger charge is -2.38. The standard InChI is InChI=1S/C17H22F3N3O2.ClH/c18-17(19,20)25-14-3-1-13(2-4-14)15-16(24)22-9-10-23(15)11-12-5-7-21-8-6-12;/h1-4,12,15,21H,5-11H2,(H,22,24);1H. The van der Waals surface area contributed by atoms with Gasteiger partial charge >= 0.3 is 6.36 Å². The lowest BCUT2D eigenvalue weighted by molar-refractivity contribution is -0.274. The van der Waals surface area contributed by atoms with Crippen LogP contribution in [-0.2, 0) is 4.79 Å². The molecule has 2 aliphatic rings. The van der Waals surface area contributed by atoms with Crippen LogP contribution in [0.1, 0.15) is 24.4 Å². The smallest absolute Gasteiger partial charge is 0.406 e. The lowest BCUT2D eigenvalue weighted by atomic mass is 9.94. The van der Waals surface area contributed by atoms with Gasteiger partial charge in [0.1, 0.15) is 11.8 Å². The molecule has 2 fully saturated rings. The first kappa shape index (κ1) is 20.8. The van der Waals surface area contributed by atoms with Gasteiger partial charge in [0.05, 0.1) is 0 Å². The minimum Gasteiger partial charge on any atom is -0.406 e. The molecule has 2 aliphatic heterocycles. The monoisotopic (exact) mass is 393 g/mol. The second-order valence-electron chi connectivity index (χ2n) is 6.50. The average molecular weight is 394 g/mol. The number of carbonyl (C=O) groups is 1. The van der Waals surface area contributed by atoms with Gasteiger partial charge < -0.3 is 15.4 Å². The maximum absolute atomic E-state index is 12.4. The van der Waals surface area contributed by atoms with E-state index in [9.17, 15) is 18.0 Å². The van der Waals surface area contributed by atoms with Crippen molar-refractivity contribution in [3.8, 4) is 5.75 Å². The highest BCUT2D eigenvalue weighted by Gasteiger charge is 2.34. The molecule has 9 heteroatoms. The minimum atomic E-state index is -4.72. The molecule has 0 radical (unpaired) electrons. The van der Waals surface area contributed by atoms with Crippen molar-refractivity contribution in [3.63, 3.8) is 0 Å². The average Bonchev–Trinajstić information content (AvgIpc) is 2.56. The van der Waals surface area contributed by atoms with Gasteiger partial charge in [0.15, 0.2) is 0 Å². The van der Waals surface area contributed by atoms with Crippen molar-refractivity contribution in [2.24, 2.45) is 5.92 Å². The number of nitrogens with one attached hydrogen (secondary N) is 2. The largest absolute Gasteiger partial charge is 0.573 e. The highest BCUT2D eigenvalue weighted by Crippen LogP contribution is 2.29. The molecule has 146 valence electrons. The number of hydrogen-bond donors (Lipinski definition) is 2. The third-order valence-corrected chi connectivity index (χ3v) is 4.69. The van der Waals surface area contributed by atoms with Crippen LogP contribution in [0.15, 0.2) is 24.3 Å². The Balaban J connectivity index is 0.00000243. The number of piperazine rings is 1. The van der Waals surface area contributed by atoms with E-state index in [-0.39, 0.29) is 24.1 Å². The molecular weight excluding hydrogens is 371 g/mol. The van der Waals surface area contributed by atoms with Gasteiger partial charge in [0.25, 0.3) is 0 Å². The molecule has 0 spiro atoms. The zero-order valence-corrected chi connectivity index (χ0v) is 15.0. The fraction of sp³-hybridized carbons (Fsp3) is 0.588. The molecule has 1 amide bonds. The van der Waals surface area contributed by atoms with E-state index in [0.29, 0.717) is 18.0 Å². The van der Waals surface area contributed by atoms with Crippen LogP contribution in [0, 0.1) is 5.92 Å². The van der Waals surface area contributed by atoms with Crippen molar-refractivity contribution in [1.82, 2.24) is 15.5 Å². The van der Waals surface area contributed by atoms with Crippen LogP contribution >= 0.6 is 12.4 Å². The molecule has 2 saturated heterocycles. The second-order valence-corrected chi connectivity index (χ2v) is 6.50. The second kappa shape index (κ2) is 8.92. The van der Waals surface area contributed by atoms with Crippen LogP contribution in [-0.4, -0.2) is 49.9 Å². The number of benzene rings is 1. The van der Waals surface area contributed by atoms with Gasteiger partial charge in [-0.2, -0.15) is 0 Å². The van der Waals surface area contributed by atoms with E-state index in [1.54, 1.807) is 0 Å². The molecule has 2 N–H and O–H groups in total. The Morgan fingerprint density at radius 2 is 1.77 bits per heavy atom. The van der Waals surface area contributed by atoms with Crippen molar-refractivity contribution < 1.29 is 22.7 Å². The maximum Gasteiger partial charge on any atom is 0.573 e. The number of amides is 1. The Morgan fingerprint density at radius 1 is 1.12 bits per heavy atom. The summed E-state index contributed by atoms with van der Waals surface area (Å²) in [7, 11) is 0. The molecular formula is C17H23ClF3N3O2. The molecule has 26 heavy (non-hydrogen) atoms. The topological polar surface area (TPSA) is 53.6 Å². The first-order chi connectivity index (χ1) is 11.9. The molecule has 0 aliphatic carbocycles. The van der Waals surface area contributed by atoms with Gasteiger partial charge in [0, 0.05) is 19.6 Å². The van der Waals surface area contributed by atoms with Gasteiger partial charge in [-0.15, -0.1) is 25.6 Å². The summed E-state index contributed by atoms with van der Waals surface area (Å²) in [5.74, 6) is 0.143. The van der Waals surface area contributed by atoms with Crippen LogP contribution in [0.5, 0.6) is 5.75 Å². The molecule has 0 bridgehead atoms. The van der Waals surface area contributed by atoms with E-state index < -0.39 is 12.4 Å². The Kier molecular flexibility index (Phi) is 7.14. The van der Waals surface area contributed by atoms with Gasteiger partial charge in [-0.1, -0.05) is 12.1 Å². The highest BCUT2D eigenvalue weighted by atomic mass is 35.5. The first-order valence-electron chi connectivity index (χ1n) is 8.50. The number of ether oxygens (including phenoxy) is 1. The lowest BCUT2D eigenvalue weighted by Crippen LogP contribution is -2.51. The molecule has 1 aromatic carbocycles. The van der Waals surface area contributed by atoms with Crippen LogP contribution in [0.25, 0.3) is 0 Å². The normalized spacial score (nSPS) is 22.4. The van der Waals surface area contributed by atoms with E-state index in [1.165, 1.54) is 24.3 Å². The zero-order valence-electron chi connectivity index (χ0n) is 14.2. The SMILES string of the molecule is Cl.O=C1NCCN(CC2CCNCC2)C1c1ccc(OC(F)(F)F)cc1. The van der Waals surface area contributed by atoms with Crippen molar-refractivity contribution in [2.75, 3.05) is 32.7 Å². The van der Waals surface area contributed by atoms with Crippen molar-refractivity contribution in [3.05, 3.63) is 29.8 Å². The number of halogens is 4. The van der Waals surface area contributed by atoms with E-state index in [2.05, 4.69) is 20.3 Å². The highest BCUT2D eigenvalue weighted by molar-refractivity contribution is 5.85. The summed E-state index contributed by atoms with van der Waals surface area (Å²) in [6.45, 7) is 4.12. The molecule has 1 unspecified atom stereocenters. The Morgan fingerprint density at radius 3 is 2.38 bits per heavy atom. The Labute approximate surface area is 156 Å². The van der Waals surface area contributed by atoms with Gasteiger partial charge in [0.2, 0.25) is 5.91 Å². The Hall–Kier alpha value is -1.51. The summed E-state index contributed by atoms with van der Waals surface area (Å²) in [5, 5.41) is 6.17. The van der Waals surface area contributed by atoms with Crippen molar-refractivity contribution in [1.29, 1.82) is 0 Å². The molecule has 3 rings (SSSR count). The molecule has 1 atom stereocenters. The van der Waals surface area contributed by atoms with Gasteiger partial charge in [-0.3, -0.25) is 9.69 Å². The zero-order chi connectivity index (χ0) is 17.9. The molecule has 1 aromatic rings. The number of piperidine rings is 1. The van der Waals surface area contributed by atoms with E-state index in [4.69, 9.17) is 0 Å². The summed E-state index contributed by atoms with van der Waals surface area (Å²) in [4.78, 5) is 14.5. The maximum atomic E-state index is 12.4.